The van der Waals surface area contributed by atoms with E-state index >= 15 is 0 Å². The van der Waals surface area contributed by atoms with Crippen LogP contribution in [0, 0.1) is 11.8 Å². The Hall–Kier alpha value is -1.32. The molecule has 0 aromatic heterocycles. The van der Waals surface area contributed by atoms with E-state index in [2.05, 4.69) is 0 Å². The predicted molar refractivity (Wildman–Crippen MR) is 66.7 cm³/mol. The van der Waals surface area contributed by atoms with Crippen LogP contribution in [-0.4, -0.2) is 12.0 Å². The topological polar surface area (TPSA) is 17.1 Å². The Balaban J connectivity index is 1.96. The number of halogens is 3. The second kappa shape index (κ2) is 5.76. The molecule has 1 aliphatic carbocycles. The van der Waals surface area contributed by atoms with Crippen LogP contribution in [0.2, 0.25) is 0 Å². The van der Waals surface area contributed by atoms with E-state index in [1.54, 1.807) is 0 Å². The van der Waals surface area contributed by atoms with Crippen molar-refractivity contribution in [1.82, 2.24) is 0 Å². The fraction of sp³-hybridized carbons (Fsp3) is 0.533. The first kappa shape index (κ1) is 14.1. The molecule has 19 heavy (non-hydrogen) atoms. The van der Waals surface area contributed by atoms with Gasteiger partial charge in [0.05, 0.1) is 5.92 Å². The van der Waals surface area contributed by atoms with Gasteiger partial charge in [0.1, 0.15) is 5.78 Å². The number of ketones is 1. The Morgan fingerprint density at radius 3 is 2.47 bits per heavy atom. The van der Waals surface area contributed by atoms with E-state index in [0.717, 1.165) is 5.56 Å². The standard InChI is InChI=1S/C15H17F3O/c16-15(17,18)13-8-4-7-12(10-13)14(19)9-11-5-2-1-3-6-11/h1-3,5-6,12-13H,4,7-10H2. The number of hydrogen-bond donors (Lipinski definition) is 0. The summed E-state index contributed by atoms with van der Waals surface area (Å²) in [6.45, 7) is 0. The molecule has 2 rings (SSSR count). The Kier molecular flexibility index (Phi) is 4.27. The lowest BCUT2D eigenvalue weighted by atomic mass is 9.78. The Bertz CT molecular complexity index is 425. The Labute approximate surface area is 110 Å². The molecule has 4 heteroatoms. The van der Waals surface area contributed by atoms with Crippen molar-refractivity contribution in [3.8, 4) is 0 Å². The van der Waals surface area contributed by atoms with Crippen molar-refractivity contribution in [2.45, 2.75) is 38.3 Å². The summed E-state index contributed by atoms with van der Waals surface area (Å²) in [7, 11) is 0. The van der Waals surface area contributed by atoms with Crippen molar-refractivity contribution >= 4 is 5.78 Å². The molecular formula is C15H17F3O. The van der Waals surface area contributed by atoms with Crippen LogP contribution in [0.25, 0.3) is 0 Å². The number of Topliss-reactive ketones (excluding diaryl/α,β-unsaturated/α-hetero) is 1. The fourth-order valence-electron chi connectivity index (χ4n) is 2.72. The van der Waals surface area contributed by atoms with Crippen molar-refractivity contribution in [3.63, 3.8) is 0 Å². The van der Waals surface area contributed by atoms with Crippen LogP contribution < -0.4 is 0 Å². The third-order valence-corrected chi connectivity index (χ3v) is 3.81. The van der Waals surface area contributed by atoms with E-state index in [4.69, 9.17) is 0 Å². The highest BCUT2D eigenvalue weighted by molar-refractivity contribution is 5.83. The maximum atomic E-state index is 12.7. The molecule has 1 aliphatic rings. The van der Waals surface area contributed by atoms with Gasteiger partial charge in [-0.1, -0.05) is 36.8 Å². The van der Waals surface area contributed by atoms with Crippen LogP contribution in [0.5, 0.6) is 0 Å². The van der Waals surface area contributed by atoms with Crippen LogP contribution in [0.1, 0.15) is 31.2 Å². The van der Waals surface area contributed by atoms with Crippen molar-refractivity contribution in [1.29, 1.82) is 0 Å². The number of benzene rings is 1. The smallest absolute Gasteiger partial charge is 0.299 e. The van der Waals surface area contributed by atoms with E-state index in [1.807, 2.05) is 30.3 Å². The van der Waals surface area contributed by atoms with Gasteiger partial charge in [-0.2, -0.15) is 13.2 Å². The summed E-state index contributed by atoms with van der Waals surface area (Å²) in [4.78, 5) is 12.1. The third kappa shape index (κ3) is 3.82. The van der Waals surface area contributed by atoms with E-state index in [1.165, 1.54) is 0 Å². The van der Waals surface area contributed by atoms with Gasteiger partial charge in [-0.25, -0.2) is 0 Å². The molecule has 2 unspecified atom stereocenters. The molecular weight excluding hydrogens is 253 g/mol. The molecule has 104 valence electrons. The molecule has 0 radical (unpaired) electrons. The van der Waals surface area contributed by atoms with Gasteiger partial charge in [0, 0.05) is 12.3 Å². The van der Waals surface area contributed by atoms with E-state index < -0.39 is 18.0 Å². The number of carbonyl (C=O) groups excluding carboxylic acids is 1. The van der Waals surface area contributed by atoms with Gasteiger partial charge in [-0.05, 0) is 24.8 Å². The minimum atomic E-state index is -4.16. The zero-order chi connectivity index (χ0) is 13.9. The monoisotopic (exact) mass is 270 g/mol. The number of hydrogen-bond acceptors (Lipinski definition) is 1. The van der Waals surface area contributed by atoms with E-state index in [0.29, 0.717) is 12.8 Å². The molecule has 0 heterocycles. The lowest BCUT2D eigenvalue weighted by molar-refractivity contribution is -0.186. The average molecular weight is 270 g/mol. The third-order valence-electron chi connectivity index (χ3n) is 3.81. The minimum Gasteiger partial charge on any atom is -0.299 e. The summed E-state index contributed by atoms with van der Waals surface area (Å²) in [5.41, 5.74) is 0.877. The molecule has 0 bridgehead atoms. The molecule has 1 fully saturated rings. The first-order valence-electron chi connectivity index (χ1n) is 6.60. The molecule has 1 aromatic rings. The van der Waals surface area contributed by atoms with E-state index in [9.17, 15) is 18.0 Å². The number of carbonyl (C=O) groups is 1. The van der Waals surface area contributed by atoms with Crippen molar-refractivity contribution < 1.29 is 18.0 Å². The molecule has 0 spiro atoms. The maximum absolute atomic E-state index is 12.7. The second-order valence-electron chi connectivity index (χ2n) is 5.23. The van der Waals surface area contributed by atoms with E-state index in [-0.39, 0.29) is 25.0 Å². The lowest BCUT2D eigenvalue weighted by Crippen LogP contribution is -2.32. The molecule has 2 atom stereocenters. The summed E-state index contributed by atoms with van der Waals surface area (Å²) < 4.78 is 38.1. The lowest BCUT2D eigenvalue weighted by Gasteiger charge is -2.29. The number of alkyl halides is 3. The molecule has 0 N–H and O–H groups in total. The minimum absolute atomic E-state index is 0.0326. The largest absolute Gasteiger partial charge is 0.391 e. The maximum Gasteiger partial charge on any atom is 0.391 e. The summed E-state index contributed by atoms with van der Waals surface area (Å²) in [5.74, 6) is -1.79. The van der Waals surface area contributed by atoms with Crippen LogP contribution in [-0.2, 0) is 11.2 Å². The summed E-state index contributed by atoms with van der Waals surface area (Å²) in [6, 6.07) is 9.20. The second-order valence-corrected chi connectivity index (χ2v) is 5.23. The van der Waals surface area contributed by atoms with Gasteiger partial charge in [-0.3, -0.25) is 4.79 Å². The molecule has 0 saturated heterocycles. The highest BCUT2D eigenvalue weighted by Crippen LogP contribution is 2.40. The fourth-order valence-corrected chi connectivity index (χ4v) is 2.72. The van der Waals surface area contributed by atoms with Crippen molar-refractivity contribution in [2.75, 3.05) is 0 Å². The van der Waals surface area contributed by atoms with Crippen molar-refractivity contribution in [3.05, 3.63) is 35.9 Å². The van der Waals surface area contributed by atoms with Gasteiger partial charge < -0.3 is 0 Å². The first-order chi connectivity index (χ1) is 8.97. The van der Waals surface area contributed by atoms with Gasteiger partial charge in [0.25, 0.3) is 0 Å². The molecule has 1 aromatic carbocycles. The predicted octanol–water partition coefficient (Wildman–Crippen LogP) is 4.17. The van der Waals surface area contributed by atoms with Gasteiger partial charge in [-0.15, -0.1) is 0 Å². The van der Waals surface area contributed by atoms with Gasteiger partial charge in [0.2, 0.25) is 0 Å². The van der Waals surface area contributed by atoms with Crippen LogP contribution in [0.3, 0.4) is 0 Å². The van der Waals surface area contributed by atoms with Crippen LogP contribution in [0.15, 0.2) is 30.3 Å². The van der Waals surface area contributed by atoms with Crippen molar-refractivity contribution in [2.24, 2.45) is 11.8 Å². The zero-order valence-electron chi connectivity index (χ0n) is 10.6. The SMILES string of the molecule is O=C(Cc1ccccc1)C1CCCC(C(F)(F)F)C1. The van der Waals surface area contributed by atoms with Crippen LogP contribution >= 0.6 is 0 Å². The number of rotatable bonds is 3. The molecule has 1 saturated carbocycles. The highest BCUT2D eigenvalue weighted by Gasteiger charge is 2.43. The first-order valence-corrected chi connectivity index (χ1v) is 6.60. The summed E-state index contributed by atoms with van der Waals surface area (Å²) >= 11 is 0. The summed E-state index contributed by atoms with van der Waals surface area (Å²) in [6.07, 6.45) is -2.69. The highest BCUT2D eigenvalue weighted by atomic mass is 19.4. The zero-order valence-corrected chi connectivity index (χ0v) is 10.6. The normalized spacial score (nSPS) is 24.2. The quantitative estimate of drug-likeness (QED) is 0.805. The molecule has 0 aliphatic heterocycles. The Morgan fingerprint density at radius 2 is 1.84 bits per heavy atom. The summed E-state index contributed by atoms with van der Waals surface area (Å²) in [5, 5.41) is 0. The molecule has 0 amide bonds. The Morgan fingerprint density at radius 1 is 1.16 bits per heavy atom. The van der Waals surface area contributed by atoms with Crippen LogP contribution in [0.4, 0.5) is 13.2 Å². The van der Waals surface area contributed by atoms with Gasteiger partial charge in [0.15, 0.2) is 0 Å². The van der Waals surface area contributed by atoms with Gasteiger partial charge >= 0.3 is 6.18 Å². The average Bonchev–Trinajstić information content (AvgIpc) is 2.39. The molecule has 1 nitrogen and oxygen atoms in total.